The van der Waals surface area contributed by atoms with Crippen molar-refractivity contribution in [1.82, 2.24) is 15.4 Å². The first-order valence-corrected chi connectivity index (χ1v) is 11.2. The highest BCUT2D eigenvalue weighted by Crippen LogP contribution is 2.43. The third-order valence-electron chi connectivity index (χ3n) is 5.39. The largest absolute Gasteiger partial charge is 0.495 e. The first-order chi connectivity index (χ1) is 16.7. The van der Waals surface area contributed by atoms with Crippen molar-refractivity contribution in [2.75, 3.05) is 32.9 Å². The molecule has 1 heterocycles. The van der Waals surface area contributed by atoms with Crippen molar-refractivity contribution in [2.24, 2.45) is 11.7 Å². The van der Waals surface area contributed by atoms with E-state index in [-0.39, 0.29) is 5.92 Å². The molecule has 0 aliphatic carbocycles. The van der Waals surface area contributed by atoms with E-state index in [2.05, 4.69) is 15.4 Å². The minimum atomic E-state index is -0.747. The van der Waals surface area contributed by atoms with Crippen LogP contribution in [0.3, 0.4) is 0 Å². The number of nitrogens with one attached hydrogen (secondary N) is 1. The molecule has 3 rings (SSSR count). The van der Waals surface area contributed by atoms with Gasteiger partial charge in [0.1, 0.15) is 22.8 Å². The van der Waals surface area contributed by atoms with Gasteiger partial charge in [0.25, 0.3) is 5.91 Å². The van der Waals surface area contributed by atoms with Gasteiger partial charge in [-0.05, 0) is 42.7 Å². The zero-order chi connectivity index (χ0) is 25.7. The Hall–Kier alpha value is -3.50. The molecular formula is C24H30ClN5O5. The van der Waals surface area contributed by atoms with Crippen LogP contribution in [0.25, 0.3) is 22.5 Å². The molecule has 3 N–H and O–H groups in total. The maximum Gasteiger partial charge on any atom is 0.258 e. The molecule has 0 radical (unpaired) electrons. The molecule has 0 aliphatic heterocycles. The number of anilines is 1. The normalized spacial score (nSPS) is 11.8. The van der Waals surface area contributed by atoms with E-state index >= 15 is 0 Å². The van der Waals surface area contributed by atoms with Crippen LogP contribution in [-0.2, 0) is 4.79 Å². The van der Waals surface area contributed by atoms with Crippen molar-refractivity contribution >= 4 is 23.4 Å². The molecule has 1 amide bonds. The fourth-order valence-electron chi connectivity index (χ4n) is 3.71. The number of H-pyrrole nitrogens is 1. The molecule has 11 heteroatoms. The molecule has 3 aromatic rings. The van der Waals surface area contributed by atoms with Gasteiger partial charge in [0.2, 0.25) is 5.75 Å². The number of benzene rings is 2. The number of hydrogen-bond acceptors (Lipinski definition) is 8. The van der Waals surface area contributed by atoms with Gasteiger partial charge in [-0.15, -0.1) is 0 Å². The summed E-state index contributed by atoms with van der Waals surface area (Å²) in [6.45, 7) is 3.98. The average Bonchev–Trinajstić information content (AvgIpc) is 3.36. The predicted octanol–water partition coefficient (Wildman–Crippen LogP) is 4.03. The van der Waals surface area contributed by atoms with Gasteiger partial charge in [-0.1, -0.05) is 13.8 Å². The monoisotopic (exact) mass is 503 g/mol. The average molecular weight is 504 g/mol. The third kappa shape index (κ3) is 5.44. The summed E-state index contributed by atoms with van der Waals surface area (Å²) in [5.74, 6) is 1.63. The van der Waals surface area contributed by atoms with E-state index in [1.54, 1.807) is 30.3 Å². The van der Waals surface area contributed by atoms with Gasteiger partial charge in [0, 0.05) is 22.9 Å². The maximum absolute atomic E-state index is 12.9. The standard InChI is InChI=1S/C24H30ClN5O5/c1-13(2)9-16(26)24(31)30(25)17-10-14(7-8-18(17)32-3)21-22(28-29-27-21)15-11-19(33-4)23(35-6)20(12-15)34-5/h7-8,10-13,16H,9,26H2,1-6H3,(H,27,28,29). The maximum atomic E-state index is 12.9. The number of rotatable bonds is 10. The predicted molar refractivity (Wildman–Crippen MR) is 134 cm³/mol. The number of aromatic amines is 1. The molecule has 0 bridgehead atoms. The fourth-order valence-corrected chi connectivity index (χ4v) is 3.97. The van der Waals surface area contributed by atoms with Crippen LogP contribution < -0.4 is 29.1 Å². The Balaban J connectivity index is 2.07. The van der Waals surface area contributed by atoms with E-state index in [0.717, 1.165) is 4.42 Å². The van der Waals surface area contributed by atoms with Crippen molar-refractivity contribution in [2.45, 2.75) is 26.3 Å². The number of hydrogen-bond donors (Lipinski definition) is 2. The van der Waals surface area contributed by atoms with Crippen molar-refractivity contribution in [3.63, 3.8) is 0 Å². The van der Waals surface area contributed by atoms with Gasteiger partial charge in [0.15, 0.2) is 11.5 Å². The van der Waals surface area contributed by atoms with Gasteiger partial charge in [-0.25, -0.2) is 4.42 Å². The van der Waals surface area contributed by atoms with Gasteiger partial charge < -0.3 is 24.7 Å². The Morgan fingerprint density at radius 2 is 1.51 bits per heavy atom. The first-order valence-electron chi connectivity index (χ1n) is 10.9. The zero-order valence-electron chi connectivity index (χ0n) is 20.6. The van der Waals surface area contributed by atoms with Gasteiger partial charge in [-0.3, -0.25) is 4.79 Å². The highest BCUT2D eigenvalue weighted by molar-refractivity contribution is 6.37. The molecule has 10 nitrogen and oxygen atoms in total. The zero-order valence-corrected chi connectivity index (χ0v) is 21.3. The van der Waals surface area contributed by atoms with Gasteiger partial charge in [0.05, 0.1) is 34.5 Å². The summed E-state index contributed by atoms with van der Waals surface area (Å²) in [6.07, 6.45) is 0.499. The smallest absolute Gasteiger partial charge is 0.258 e. The Morgan fingerprint density at radius 3 is 2.03 bits per heavy atom. The number of carbonyl (C=O) groups is 1. The molecule has 1 atom stereocenters. The number of methoxy groups -OCH3 is 4. The summed E-state index contributed by atoms with van der Waals surface area (Å²) in [4.78, 5) is 12.9. The molecule has 1 unspecified atom stereocenters. The van der Waals surface area contributed by atoms with Crippen LogP contribution in [-0.4, -0.2) is 55.8 Å². The lowest BCUT2D eigenvalue weighted by molar-refractivity contribution is -0.119. The van der Waals surface area contributed by atoms with Crippen molar-refractivity contribution in [3.8, 4) is 45.5 Å². The molecule has 35 heavy (non-hydrogen) atoms. The van der Waals surface area contributed by atoms with Crippen LogP contribution in [0.2, 0.25) is 0 Å². The Bertz CT molecular complexity index is 1160. The number of aromatic nitrogens is 3. The second-order valence-corrected chi connectivity index (χ2v) is 8.51. The van der Waals surface area contributed by atoms with E-state index in [1.807, 2.05) is 13.8 Å². The van der Waals surface area contributed by atoms with Crippen LogP contribution in [0.15, 0.2) is 30.3 Å². The lowest BCUT2D eigenvalue weighted by Gasteiger charge is -2.22. The molecule has 0 fully saturated rings. The minimum absolute atomic E-state index is 0.239. The second kappa shape index (κ2) is 11.3. The lowest BCUT2D eigenvalue weighted by Crippen LogP contribution is -2.40. The van der Waals surface area contributed by atoms with Crippen LogP contribution >= 0.6 is 11.8 Å². The topological polar surface area (TPSA) is 125 Å². The molecular weight excluding hydrogens is 474 g/mol. The summed E-state index contributed by atoms with van der Waals surface area (Å²) >= 11 is 6.45. The summed E-state index contributed by atoms with van der Waals surface area (Å²) in [5.41, 5.74) is 8.80. The summed E-state index contributed by atoms with van der Waals surface area (Å²) in [7, 11) is 6.11. The Labute approximate surface area is 209 Å². The molecule has 0 saturated carbocycles. The molecule has 1 aromatic heterocycles. The minimum Gasteiger partial charge on any atom is -0.495 e. The molecule has 0 spiro atoms. The molecule has 0 saturated heterocycles. The quantitative estimate of drug-likeness (QED) is 0.397. The van der Waals surface area contributed by atoms with Crippen LogP contribution in [0.1, 0.15) is 20.3 Å². The number of carbonyl (C=O) groups excluding carboxylic acids is 1. The lowest BCUT2D eigenvalue weighted by atomic mass is 10.0. The molecule has 0 aliphatic rings. The van der Waals surface area contributed by atoms with E-state index < -0.39 is 11.9 Å². The van der Waals surface area contributed by atoms with Crippen molar-refractivity contribution in [1.29, 1.82) is 0 Å². The summed E-state index contributed by atoms with van der Waals surface area (Å²) in [5, 5.41) is 11.3. The van der Waals surface area contributed by atoms with Crippen molar-refractivity contribution < 1.29 is 23.7 Å². The van der Waals surface area contributed by atoms with Crippen LogP contribution in [0.5, 0.6) is 23.0 Å². The van der Waals surface area contributed by atoms with Crippen LogP contribution in [0, 0.1) is 5.92 Å². The number of amides is 1. The number of nitrogens with zero attached hydrogens (tertiary/aromatic N) is 3. The molecule has 188 valence electrons. The number of ether oxygens (including phenoxy) is 4. The second-order valence-electron chi connectivity index (χ2n) is 8.18. The number of nitrogens with two attached hydrogens (primary N) is 1. The molecule has 2 aromatic carbocycles. The Morgan fingerprint density at radius 1 is 0.943 bits per heavy atom. The first kappa shape index (κ1) is 26.1. The van der Waals surface area contributed by atoms with Crippen LogP contribution in [0.4, 0.5) is 5.69 Å². The SMILES string of the molecule is COc1ccc(-c2n[nH]nc2-c2cc(OC)c(OC)c(OC)c2)cc1N(Cl)C(=O)C(N)CC(C)C. The van der Waals surface area contributed by atoms with Crippen molar-refractivity contribution in [3.05, 3.63) is 30.3 Å². The van der Waals surface area contributed by atoms with E-state index in [4.69, 9.17) is 36.5 Å². The van der Waals surface area contributed by atoms with E-state index in [9.17, 15) is 4.79 Å². The van der Waals surface area contributed by atoms with Gasteiger partial charge in [-0.2, -0.15) is 15.4 Å². The summed E-state index contributed by atoms with van der Waals surface area (Å²) < 4.78 is 22.8. The summed E-state index contributed by atoms with van der Waals surface area (Å²) in [6, 6.07) is 8.00. The van der Waals surface area contributed by atoms with Gasteiger partial charge >= 0.3 is 0 Å². The highest BCUT2D eigenvalue weighted by Gasteiger charge is 2.26. The number of halogens is 1. The Kier molecular flexibility index (Phi) is 8.42. The van der Waals surface area contributed by atoms with E-state index in [1.165, 1.54) is 28.4 Å². The third-order valence-corrected chi connectivity index (χ3v) is 5.73. The van der Waals surface area contributed by atoms with E-state index in [0.29, 0.717) is 57.6 Å². The fraction of sp³-hybridized carbons (Fsp3) is 0.375. The highest BCUT2D eigenvalue weighted by atomic mass is 35.5.